The van der Waals surface area contributed by atoms with E-state index in [4.69, 9.17) is 0 Å². The third kappa shape index (κ3) is 7.41. The van der Waals surface area contributed by atoms with E-state index in [1.165, 1.54) is 12.8 Å². The minimum absolute atomic E-state index is 0. The summed E-state index contributed by atoms with van der Waals surface area (Å²) in [5, 5.41) is 6.38. The molecule has 1 aliphatic carbocycles. The van der Waals surface area contributed by atoms with Gasteiger partial charge in [0.2, 0.25) is 15.9 Å². The Balaban J connectivity index is 0.00000261. The lowest BCUT2D eigenvalue weighted by atomic mass is 9.96. The van der Waals surface area contributed by atoms with Gasteiger partial charge in [0.05, 0.1) is 4.90 Å². The van der Waals surface area contributed by atoms with Gasteiger partial charge in [0.1, 0.15) is 0 Å². The van der Waals surface area contributed by atoms with Crippen LogP contribution in [0.2, 0.25) is 0 Å². The second kappa shape index (κ2) is 10.4. The molecule has 27 heavy (non-hydrogen) atoms. The summed E-state index contributed by atoms with van der Waals surface area (Å²) in [5.41, 5.74) is 0.974. The number of aryl methyl sites for hydroxylation is 1. The van der Waals surface area contributed by atoms with Crippen LogP contribution in [0.4, 0.5) is 0 Å². The summed E-state index contributed by atoms with van der Waals surface area (Å²) in [7, 11) is -3.40. The highest BCUT2D eigenvalue weighted by Gasteiger charge is 2.27. The molecule has 0 bridgehead atoms. The van der Waals surface area contributed by atoms with Crippen molar-refractivity contribution in [2.24, 2.45) is 5.92 Å². The van der Waals surface area contributed by atoms with Crippen molar-refractivity contribution in [3.63, 3.8) is 0 Å². The molecular formula is C19H30ClN3O3S. The Bertz CT molecular complexity index is 699. The molecule has 1 atom stereocenters. The zero-order valence-electron chi connectivity index (χ0n) is 15.6. The van der Waals surface area contributed by atoms with E-state index in [-0.39, 0.29) is 24.4 Å². The minimum Gasteiger partial charge on any atom is -0.356 e. The van der Waals surface area contributed by atoms with Crippen LogP contribution in [0, 0.1) is 5.92 Å². The Kier molecular flexibility index (Phi) is 8.54. The molecule has 6 nitrogen and oxygen atoms in total. The summed E-state index contributed by atoms with van der Waals surface area (Å²) >= 11 is 0. The number of benzene rings is 1. The Morgan fingerprint density at radius 2 is 1.89 bits per heavy atom. The average molecular weight is 416 g/mol. The molecule has 152 valence electrons. The van der Waals surface area contributed by atoms with E-state index in [1.807, 2.05) is 0 Å². The number of hydrogen-bond donors (Lipinski definition) is 3. The van der Waals surface area contributed by atoms with Gasteiger partial charge in [-0.3, -0.25) is 4.79 Å². The van der Waals surface area contributed by atoms with Crippen molar-refractivity contribution in [1.29, 1.82) is 0 Å². The van der Waals surface area contributed by atoms with Crippen molar-refractivity contribution in [3.8, 4) is 0 Å². The number of rotatable bonds is 9. The predicted molar refractivity (Wildman–Crippen MR) is 109 cm³/mol. The Labute approximate surface area is 168 Å². The Morgan fingerprint density at radius 1 is 1.15 bits per heavy atom. The van der Waals surface area contributed by atoms with Crippen LogP contribution in [-0.4, -0.2) is 40.0 Å². The molecule has 1 aromatic carbocycles. The molecule has 3 N–H and O–H groups in total. The van der Waals surface area contributed by atoms with Gasteiger partial charge >= 0.3 is 0 Å². The maximum Gasteiger partial charge on any atom is 0.240 e. The quantitative estimate of drug-likeness (QED) is 0.575. The highest BCUT2D eigenvalue weighted by molar-refractivity contribution is 7.89. The largest absolute Gasteiger partial charge is 0.356 e. The number of hydrogen-bond acceptors (Lipinski definition) is 4. The fourth-order valence-electron chi connectivity index (χ4n) is 3.26. The lowest BCUT2D eigenvalue weighted by Crippen LogP contribution is -2.33. The number of halogens is 1. The van der Waals surface area contributed by atoms with Crippen LogP contribution in [-0.2, 0) is 21.2 Å². The van der Waals surface area contributed by atoms with Crippen molar-refractivity contribution >= 4 is 28.3 Å². The molecule has 0 radical (unpaired) electrons. The van der Waals surface area contributed by atoms with E-state index < -0.39 is 10.0 Å². The lowest BCUT2D eigenvalue weighted by molar-refractivity contribution is -0.121. The summed E-state index contributed by atoms with van der Waals surface area (Å²) in [5.74, 6) is 0.726. The van der Waals surface area contributed by atoms with Crippen molar-refractivity contribution in [2.45, 2.75) is 55.9 Å². The molecule has 2 aliphatic rings. The highest BCUT2D eigenvalue weighted by Crippen LogP contribution is 2.22. The van der Waals surface area contributed by atoms with Crippen molar-refractivity contribution in [3.05, 3.63) is 29.8 Å². The van der Waals surface area contributed by atoms with E-state index in [2.05, 4.69) is 15.4 Å². The van der Waals surface area contributed by atoms with Gasteiger partial charge in [-0.2, -0.15) is 0 Å². The van der Waals surface area contributed by atoms with Gasteiger partial charge < -0.3 is 10.6 Å². The zero-order chi connectivity index (χ0) is 18.4. The molecular weight excluding hydrogens is 386 g/mol. The second-order valence-electron chi connectivity index (χ2n) is 7.39. The first-order chi connectivity index (χ1) is 12.5. The molecule has 8 heteroatoms. The third-order valence-corrected chi connectivity index (χ3v) is 6.58. The standard InChI is InChI=1S/C19H29N3O3S.ClH/c23-19(21-13-11-16-2-1-12-20-14-16)10-5-15-3-8-18(9-4-15)26(24,25)22-17-6-7-17;/h3-4,8-9,16-17,20,22H,1-2,5-7,10-14H2,(H,21,23);1H. The molecule has 1 aromatic rings. The molecule has 3 rings (SSSR count). The number of carbonyl (C=O) groups is 1. The lowest BCUT2D eigenvalue weighted by Gasteiger charge is -2.22. The first kappa shape index (κ1) is 22.1. The van der Waals surface area contributed by atoms with Crippen LogP contribution < -0.4 is 15.4 Å². The van der Waals surface area contributed by atoms with Crippen LogP contribution >= 0.6 is 12.4 Å². The summed E-state index contributed by atoms with van der Waals surface area (Å²) < 4.78 is 26.9. The first-order valence-corrected chi connectivity index (χ1v) is 11.1. The monoisotopic (exact) mass is 415 g/mol. The first-order valence-electron chi connectivity index (χ1n) is 9.61. The Morgan fingerprint density at radius 3 is 2.52 bits per heavy atom. The second-order valence-corrected chi connectivity index (χ2v) is 9.10. The maximum atomic E-state index is 12.1. The van der Waals surface area contributed by atoms with Gasteiger partial charge in [0.15, 0.2) is 0 Å². The van der Waals surface area contributed by atoms with E-state index in [0.717, 1.165) is 44.5 Å². The molecule has 0 aromatic heterocycles. The maximum absolute atomic E-state index is 12.1. The number of amides is 1. The summed E-state index contributed by atoms with van der Waals surface area (Å²) in [6.07, 6.45) is 6.38. The van der Waals surface area contributed by atoms with Gasteiger partial charge in [-0.15, -0.1) is 12.4 Å². The summed E-state index contributed by atoms with van der Waals surface area (Å²) in [6, 6.07) is 6.93. The average Bonchev–Trinajstić information content (AvgIpc) is 3.44. The molecule has 1 heterocycles. The SMILES string of the molecule is Cl.O=C(CCc1ccc(S(=O)(=O)NC2CC2)cc1)NCCC1CCCNC1. The highest BCUT2D eigenvalue weighted by atomic mass is 35.5. The molecule has 1 saturated heterocycles. The topological polar surface area (TPSA) is 87.3 Å². The molecule has 0 spiro atoms. The molecule has 1 saturated carbocycles. The van der Waals surface area contributed by atoms with Crippen LogP contribution in [0.3, 0.4) is 0 Å². The van der Waals surface area contributed by atoms with Crippen molar-refractivity contribution in [2.75, 3.05) is 19.6 Å². The van der Waals surface area contributed by atoms with Gasteiger partial charge in [0, 0.05) is 19.0 Å². The summed E-state index contributed by atoms with van der Waals surface area (Å²) in [4.78, 5) is 12.3. The normalized spacial score (nSPS) is 19.9. The van der Waals surface area contributed by atoms with Gasteiger partial charge in [-0.25, -0.2) is 13.1 Å². The fraction of sp³-hybridized carbons (Fsp3) is 0.632. The van der Waals surface area contributed by atoms with Crippen LogP contribution in [0.5, 0.6) is 0 Å². The zero-order valence-corrected chi connectivity index (χ0v) is 17.2. The molecule has 1 aliphatic heterocycles. The fourth-order valence-corrected chi connectivity index (χ4v) is 4.56. The van der Waals surface area contributed by atoms with Crippen molar-refractivity contribution < 1.29 is 13.2 Å². The molecule has 2 fully saturated rings. The van der Waals surface area contributed by atoms with Crippen LogP contribution in [0.25, 0.3) is 0 Å². The minimum atomic E-state index is -3.40. The van der Waals surface area contributed by atoms with E-state index in [9.17, 15) is 13.2 Å². The van der Waals surface area contributed by atoms with Crippen LogP contribution in [0.15, 0.2) is 29.2 Å². The predicted octanol–water partition coefficient (Wildman–Crippen LogP) is 1.99. The van der Waals surface area contributed by atoms with Gasteiger partial charge in [0.25, 0.3) is 0 Å². The third-order valence-electron chi connectivity index (χ3n) is 5.05. The number of nitrogens with one attached hydrogen (secondary N) is 3. The number of piperidine rings is 1. The summed E-state index contributed by atoms with van der Waals surface area (Å²) in [6.45, 7) is 2.90. The molecule has 1 amide bonds. The van der Waals surface area contributed by atoms with Crippen LogP contribution in [0.1, 0.15) is 44.1 Å². The van der Waals surface area contributed by atoms with E-state index >= 15 is 0 Å². The van der Waals surface area contributed by atoms with E-state index in [0.29, 0.717) is 23.7 Å². The number of carbonyl (C=O) groups excluding carboxylic acids is 1. The van der Waals surface area contributed by atoms with E-state index in [1.54, 1.807) is 24.3 Å². The Hall–Kier alpha value is -1.15. The number of sulfonamides is 1. The van der Waals surface area contributed by atoms with Gasteiger partial charge in [-0.1, -0.05) is 12.1 Å². The smallest absolute Gasteiger partial charge is 0.240 e. The van der Waals surface area contributed by atoms with Crippen molar-refractivity contribution in [1.82, 2.24) is 15.4 Å². The van der Waals surface area contributed by atoms with Gasteiger partial charge in [-0.05, 0) is 75.2 Å². The molecule has 1 unspecified atom stereocenters.